The molecule has 112 valence electrons. The lowest BCUT2D eigenvalue weighted by Gasteiger charge is -2.19. The van der Waals surface area contributed by atoms with E-state index in [9.17, 15) is 13.2 Å². The summed E-state index contributed by atoms with van der Waals surface area (Å²) in [5.74, 6) is 5.20. The van der Waals surface area contributed by atoms with Crippen LogP contribution in [0, 0.1) is 0 Å². The lowest BCUT2D eigenvalue weighted by molar-refractivity contribution is -0.274. The fourth-order valence-corrected chi connectivity index (χ4v) is 2.21. The second kappa shape index (κ2) is 6.34. The second-order valence-electron chi connectivity index (χ2n) is 4.24. The summed E-state index contributed by atoms with van der Waals surface area (Å²) in [5, 5.41) is 0.461. The highest BCUT2D eigenvalue weighted by atomic mass is 35.5. The standard InChI is InChI=1S/C14H12ClF3N2O/c15-12-7-2-1-6-11(12)13(20-19)9-4-3-5-10(8-9)21-14(16,17)18/h1-8,13,20H,19H2. The number of nitrogens with one attached hydrogen (secondary N) is 1. The molecule has 0 spiro atoms. The van der Waals surface area contributed by atoms with E-state index >= 15 is 0 Å². The molecule has 0 fully saturated rings. The maximum Gasteiger partial charge on any atom is 0.573 e. The van der Waals surface area contributed by atoms with Gasteiger partial charge in [-0.25, -0.2) is 5.43 Å². The molecule has 7 heteroatoms. The molecule has 0 radical (unpaired) electrons. The Morgan fingerprint density at radius 1 is 1.10 bits per heavy atom. The van der Waals surface area contributed by atoms with E-state index in [4.69, 9.17) is 17.4 Å². The van der Waals surface area contributed by atoms with E-state index in [1.54, 1.807) is 30.3 Å². The predicted molar refractivity (Wildman–Crippen MR) is 73.7 cm³/mol. The predicted octanol–water partition coefficient (Wildman–Crippen LogP) is 3.79. The van der Waals surface area contributed by atoms with Crippen LogP contribution in [-0.2, 0) is 0 Å². The van der Waals surface area contributed by atoms with Crippen LogP contribution in [0.2, 0.25) is 5.02 Å². The average Bonchev–Trinajstić information content (AvgIpc) is 2.40. The smallest absolute Gasteiger partial charge is 0.406 e. The minimum Gasteiger partial charge on any atom is -0.406 e. The first-order valence-electron chi connectivity index (χ1n) is 5.97. The van der Waals surface area contributed by atoms with Crippen LogP contribution in [0.25, 0.3) is 0 Å². The molecule has 0 bridgehead atoms. The quantitative estimate of drug-likeness (QED) is 0.666. The Bertz CT molecular complexity index is 619. The molecule has 2 aromatic rings. The topological polar surface area (TPSA) is 47.3 Å². The highest BCUT2D eigenvalue weighted by molar-refractivity contribution is 6.31. The van der Waals surface area contributed by atoms with Crippen LogP contribution < -0.4 is 16.0 Å². The summed E-state index contributed by atoms with van der Waals surface area (Å²) in [4.78, 5) is 0. The summed E-state index contributed by atoms with van der Waals surface area (Å²) in [6, 6.07) is 12.0. The number of alkyl halides is 3. The van der Waals surface area contributed by atoms with Crippen LogP contribution >= 0.6 is 11.6 Å². The van der Waals surface area contributed by atoms with Gasteiger partial charge in [-0.15, -0.1) is 13.2 Å². The molecule has 3 N–H and O–H groups in total. The van der Waals surface area contributed by atoms with Gasteiger partial charge in [-0.2, -0.15) is 0 Å². The molecular formula is C14H12ClF3N2O. The van der Waals surface area contributed by atoms with E-state index < -0.39 is 12.4 Å². The van der Waals surface area contributed by atoms with Gasteiger partial charge >= 0.3 is 6.36 Å². The normalized spacial score (nSPS) is 13.0. The SMILES string of the molecule is NNC(c1cccc(OC(F)(F)F)c1)c1ccccc1Cl. The Labute approximate surface area is 124 Å². The molecule has 0 heterocycles. The minimum atomic E-state index is -4.74. The van der Waals surface area contributed by atoms with Crippen molar-refractivity contribution >= 4 is 11.6 Å². The van der Waals surface area contributed by atoms with Crippen molar-refractivity contribution in [1.82, 2.24) is 5.43 Å². The van der Waals surface area contributed by atoms with Crippen molar-refractivity contribution in [2.45, 2.75) is 12.4 Å². The van der Waals surface area contributed by atoms with Crippen molar-refractivity contribution in [2.24, 2.45) is 5.84 Å². The molecule has 0 aromatic heterocycles. The van der Waals surface area contributed by atoms with Gasteiger partial charge in [-0.3, -0.25) is 5.84 Å². The van der Waals surface area contributed by atoms with Crippen LogP contribution in [0.5, 0.6) is 5.75 Å². The van der Waals surface area contributed by atoms with Crippen molar-refractivity contribution in [2.75, 3.05) is 0 Å². The first-order chi connectivity index (χ1) is 9.90. The van der Waals surface area contributed by atoms with Crippen molar-refractivity contribution < 1.29 is 17.9 Å². The largest absolute Gasteiger partial charge is 0.573 e. The Balaban J connectivity index is 2.35. The van der Waals surface area contributed by atoms with Crippen molar-refractivity contribution in [3.8, 4) is 5.75 Å². The van der Waals surface area contributed by atoms with Crippen LogP contribution in [0.1, 0.15) is 17.2 Å². The van der Waals surface area contributed by atoms with Crippen LogP contribution in [-0.4, -0.2) is 6.36 Å². The lowest BCUT2D eigenvalue weighted by Crippen LogP contribution is -2.29. The first-order valence-corrected chi connectivity index (χ1v) is 6.35. The van der Waals surface area contributed by atoms with Crippen molar-refractivity contribution in [1.29, 1.82) is 0 Å². The molecule has 21 heavy (non-hydrogen) atoms. The number of hydrazine groups is 1. The zero-order chi connectivity index (χ0) is 15.5. The van der Waals surface area contributed by atoms with E-state index in [0.717, 1.165) is 0 Å². The van der Waals surface area contributed by atoms with Gasteiger partial charge in [0.25, 0.3) is 0 Å². The van der Waals surface area contributed by atoms with E-state index in [-0.39, 0.29) is 5.75 Å². The zero-order valence-corrected chi connectivity index (χ0v) is 11.4. The summed E-state index contributed by atoms with van der Waals surface area (Å²) in [6.45, 7) is 0. The summed E-state index contributed by atoms with van der Waals surface area (Å²) >= 11 is 6.09. The van der Waals surface area contributed by atoms with E-state index in [0.29, 0.717) is 16.1 Å². The Kier molecular flexibility index (Phi) is 4.72. The van der Waals surface area contributed by atoms with Crippen LogP contribution in [0.15, 0.2) is 48.5 Å². The molecule has 0 aliphatic heterocycles. The Morgan fingerprint density at radius 2 is 1.81 bits per heavy atom. The third-order valence-corrected chi connectivity index (χ3v) is 3.15. The third kappa shape index (κ3) is 4.10. The van der Waals surface area contributed by atoms with Crippen LogP contribution in [0.3, 0.4) is 0 Å². The molecule has 2 aromatic carbocycles. The molecule has 0 amide bonds. The summed E-state index contributed by atoms with van der Waals surface area (Å²) < 4.78 is 40.7. The number of ether oxygens (including phenoxy) is 1. The number of rotatable bonds is 4. The summed E-state index contributed by atoms with van der Waals surface area (Å²) in [6.07, 6.45) is -4.74. The molecule has 0 aliphatic rings. The van der Waals surface area contributed by atoms with Crippen molar-refractivity contribution in [3.63, 3.8) is 0 Å². The molecule has 1 atom stereocenters. The fourth-order valence-electron chi connectivity index (χ4n) is 1.97. The van der Waals surface area contributed by atoms with Gasteiger partial charge in [-0.1, -0.05) is 41.9 Å². The molecule has 0 saturated carbocycles. The maximum absolute atomic E-state index is 12.3. The Hall–Kier alpha value is -1.76. The summed E-state index contributed by atoms with van der Waals surface area (Å²) in [7, 11) is 0. The van der Waals surface area contributed by atoms with Gasteiger partial charge in [0.2, 0.25) is 0 Å². The molecule has 2 rings (SSSR count). The third-order valence-electron chi connectivity index (χ3n) is 2.81. The second-order valence-corrected chi connectivity index (χ2v) is 4.65. The highest BCUT2D eigenvalue weighted by Crippen LogP contribution is 2.31. The fraction of sp³-hybridized carbons (Fsp3) is 0.143. The number of nitrogens with two attached hydrogens (primary N) is 1. The van der Waals surface area contributed by atoms with Gasteiger partial charge in [0, 0.05) is 5.02 Å². The minimum absolute atomic E-state index is 0.313. The van der Waals surface area contributed by atoms with E-state index in [1.807, 2.05) is 0 Å². The van der Waals surface area contributed by atoms with Gasteiger partial charge < -0.3 is 4.74 Å². The van der Waals surface area contributed by atoms with Gasteiger partial charge in [0.05, 0.1) is 6.04 Å². The molecule has 0 saturated heterocycles. The number of hydrogen-bond donors (Lipinski definition) is 2. The average molecular weight is 317 g/mol. The van der Waals surface area contributed by atoms with Gasteiger partial charge in [0.15, 0.2) is 0 Å². The zero-order valence-electron chi connectivity index (χ0n) is 10.7. The van der Waals surface area contributed by atoms with Crippen LogP contribution in [0.4, 0.5) is 13.2 Å². The molecule has 3 nitrogen and oxygen atoms in total. The van der Waals surface area contributed by atoms with E-state index in [1.165, 1.54) is 18.2 Å². The first kappa shape index (κ1) is 15.6. The molecular weight excluding hydrogens is 305 g/mol. The lowest BCUT2D eigenvalue weighted by atomic mass is 9.99. The highest BCUT2D eigenvalue weighted by Gasteiger charge is 2.31. The van der Waals surface area contributed by atoms with Crippen molar-refractivity contribution in [3.05, 3.63) is 64.7 Å². The van der Waals surface area contributed by atoms with Gasteiger partial charge in [0.1, 0.15) is 5.75 Å². The number of benzene rings is 2. The maximum atomic E-state index is 12.3. The monoisotopic (exact) mass is 316 g/mol. The van der Waals surface area contributed by atoms with E-state index in [2.05, 4.69) is 10.2 Å². The van der Waals surface area contributed by atoms with Gasteiger partial charge in [-0.05, 0) is 29.3 Å². The number of halogens is 4. The number of hydrogen-bond acceptors (Lipinski definition) is 3. The molecule has 1 unspecified atom stereocenters. The molecule has 0 aliphatic carbocycles. The Morgan fingerprint density at radius 3 is 2.43 bits per heavy atom. The summed E-state index contributed by atoms with van der Waals surface area (Å²) in [5.41, 5.74) is 3.71.